The van der Waals surface area contributed by atoms with Crippen LogP contribution in [-0.4, -0.2) is 6.54 Å². The summed E-state index contributed by atoms with van der Waals surface area (Å²) >= 11 is 0. The van der Waals surface area contributed by atoms with Crippen LogP contribution in [0, 0.1) is 12.7 Å². The Morgan fingerprint density at radius 2 is 1.83 bits per heavy atom. The summed E-state index contributed by atoms with van der Waals surface area (Å²) in [4.78, 5) is 0. The third kappa shape index (κ3) is 1.83. The van der Waals surface area contributed by atoms with Crippen LogP contribution in [0.25, 0.3) is 0 Å². The van der Waals surface area contributed by atoms with Gasteiger partial charge in [-0.15, -0.1) is 0 Å². The molecule has 0 spiro atoms. The smallest absolute Gasteiger partial charge is 0.126 e. The van der Waals surface area contributed by atoms with E-state index >= 15 is 0 Å². The molecule has 0 saturated carbocycles. The number of hydrogen-bond donors (Lipinski definition) is 1. The molecule has 1 atom stereocenters. The minimum absolute atomic E-state index is 0.115. The highest BCUT2D eigenvalue weighted by Crippen LogP contribution is 2.32. The van der Waals surface area contributed by atoms with E-state index in [1.54, 1.807) is 6.07 Å². The molecule has 92 valence electrons. The van der Waals surface area contributed by atoms with E-state index in [1.165, 1.54) is 17.2 Å². The van der Waals surface area contributed by atoms with Crippen LogP contribution in [0.2, 0.25) is 0 Å². The summed E-state index contributed by atoms with van der Waals surface area (Å²) in [6, 6.07) is 13.8. The monoisotopic (exact) mass is 241 g/mol. The maximum absolute atomic E-state index is 13.7. The molecule has 2 aromatic rings. The fourth-order valence-electron chi connectivity index (χ4n) is 2.78. The van der Waals surface area contributed by atoms with Crippen LogP contribution < -0.4 is 5.32 Å². The molecule has 1 N–H and O–H groups in total. The maximum Gasteiger partial charge on any atom is 0.126 e. The average molecular weight is 241 g/mol. The molecule has 1 aliphatic heterocycles. The van der Waals surface area contributed by atoms with Crippen LogP contribution in [-0.2, 0) is 6.54 Å². The Balaban J connectivity index is 2.11. The van der Waals surface area contributed by atoms with Gasteiger partial charge in [-0.05, 0) is 35.2 Å². The van der Waals surface area contributed by atoms with Gasteiger partial charge < -0.3 is 5.32 Å². The van der Waals surface area contributed by atoms with E-state index in [-0.39, 0.29) is 11.7 Å². The summed E-state index contributed by atoms with van der Waals surface area (Å²) in [5, 5.41) is 3.41. The summed E-state index contributed by atoms with van der Waals surface area (Å²) < 4.78 is 13.7. The molecular formula is C16H16FN. The Labute approximate surface area is 107 Å². The highest BCUT2D eigenvalue weighted by Gasteiger charge is 2.22. The molecule has 1 unspecified atom stereocenters. The van der Waals surface area contributed by atoms with Crippen molar-refractivity contribution in [2.45, 2.75) is 19.4 Å². The highest BCUT2D eigenvalue weighted by molar-refractivity contribution is 5.43. The summed E-state index contributed by atoms with van der Waals surface area (Å²) in [5.41, 5.74) is 4.50. The van der Waals surface area contributed by atoms with Gasteiger partial charge in [0, 0.05) is 19.0 Å². The van der Waals surface area contributed by atoms with Crippen LogP contribution in [0.5, 0.6) is 0 Å². The van der Waals surface area contributed by atoms with Crippen LogP contribution in [0.1, 0.15) is 28.2 Å². The molecule has 18 heavy (non-hydrogen) atoms. The van der Waals surface area contributed by atoms with Gasteiger partial charge in [-0.2, -0.15) is 0 Å². The molecule has 0 fully saturated rings. The lowest BCUT2D eigenvalue weighted by Crippen LogP contribution is -2.29. The average Bonchev–Trinajstić information content (AvgIpc) is 2.41. The molecule has 1 nitrogen and oxygen atoms in total. The Morgan fingerprint density at radius 1 is 1.06 bits per heavy atom. The van der Waals surface area contributed by atoms with E-state index < -0.39 is 0 Å². The third-order valence-corrected chi connectivity index (χ3v) is 3.78. The normalized spacial score (nSPS) is 18.4. The van der Waals surface area contributed by atoms with Gasteiger partial charge >= 0.3 is 0 Å². The molecule has 1 heterocycles. The van der Waals surface area contributed by atoms with Crippen molar-refractivity contribution in [3.63, 3.8) is 0 Å². The lowest BCUT2D eigenvalue weighted by molar-refractivity contribution is 0.577. The fourth-order valence-corrected chi connectivity index (χ4v) is 2.78. The number of benzene rings is 2. The lowest BCUT2D eigenvalue weighted by Gasteiger charge is -2.28. The van der Waals surface area contributed by atoms with E-state index in [9.17, 15) is 4.39 Å². The quantitative estimate of drug-likeness (QED) is 0.807. The van der Waals surface area contributed by atoms with E-state index in [2.05, 4.69) is 29.6 Å². The summed E-state index contributed by atoms with van der Waals surface area (Å²) in [5.74, 6) is 0.140. The van der Waals surface area contributed by atoms with Crippen LogP contribution in [0.3, 0.4) is 0 Å². The third-order valence-electron chi connectivity index (χ3n) is 3.78. The van der Waals surface area contributed by atoms with Gasteiger partial charge in [0.1, 0.15) is 5.82 Å². The van der Waals surface area contributed by atoms with Gasteiger partial charge in [0.05, 0.1) is 0 Å². The molecule has 2 heteroatoms. The van der Waals surface area contributed by atoms with E-state index in [0.717, 1.165) is 24.2 Å². The van der Waals surface area contributed by atoms with Crippen LogP contribution in [0.15, 0.2) is 42.5 Å². The van der Waals surface area contributed by atoms with Gasteiger partial charge in [0.15, 0.2) is 0 Å². The SMILES string of the molecule is Cc1c(F)cccc1C1CNCc2ccccc21. The van der Waals surface area contributed by atoms with E-state index in [4.69, 9.17) is 0 Å². The summed E-state index contributed by atoms with van der Waals surface area (Å²) in [6.45, 7) is 3.64. The van der Waals surface area contributed by atoms with Crippen molar-refractivity contribution in [3.8, 4) is 0 Å². The Morgan fingerprint density at radius 3 is 2.72 bits per heavy atom. The first-order chi connectivity index (χ1) is 8.77. The van der Waals surface area contributed by atoms with Gasteiger partial charge in [0.2, 0.25) is 0 Å². The number of nitrogens with one attached hydrogen (secondary N) is 1. The predicted molar refractivity (Wildman–Crippen MR) is 71.1 cm³/mol. The number of halogens is 1. The van der Waals surface area contributed by atoms with Crippen molar-refractivity contribution < 1.29 is 4.39 Å². The molecule has 3 rings (SSSR count). The molecule has 0 aliphatic carbocycles. The topological polar surface area (TPSA) is 12.0 Å². The zero-order chi connectivity index (χ0) is 12.5. The molecule has 0 aromatic heterocycles. The van der Waals surface area contributed by atoms with Gasteiger partial charge in [0.25, 0.3) is 0 Å². The van der Waals surface area contributed by atoms with Gasteiger partial charge in [-0.3, -0.25) is 0 Å². The number of fused-ring (bicyclic) bond motifs is 1. The number of rotatable bonds is 1. The van der Waals surface area contributed by atoms with Crippen molar-refractivity contribution in [2.75, 3.05) is 6.54 Å². The van der Waals surface area contributed by atoms with Crippen molar-refractivity contribution in [1.29, 1.82) is 0 Å². The van der Waals surface area contributed by atoms with Gasteiger partial charge in [-0.1, -0.05) is 36.4 Å². The zero-order valence-electron chi connectivity index (χ0n) is 10.4. The summed E-state index contributed by atoms with van der Waals surface area (Å²) in [6.07, 6.45) is 0. The molecule has 1 aliphatic rings. The standard InChI is InChI=1S/C16H16FN/c1-11-13(7-4-8-16(11)17)15-10-18-9-12-5-2-3-6-14(12)15/h2-8,15,18H,9-10H2,1H3. The van der Waals surface area contributed by atoms with Gasteiger partial charge in [-0.25, -0.2) is 4.39 Å². The maximum atomic E-state index is 13.7. The van der Waals surface area contributed by atoms with Crippen molar-refractivity contribution in [1.82, 2.24) is 5.32 Å². The number of hydrogen-bond acceptors (Lipinski definition) is 1. The van der Waals surface area contributed by atoms with Crippen LogP contribution in [0.4, 0.5) is 4.39 Å². The first-order valence-electron chi connectivity index (χ1n) is 6.31. The molecule has 2 aromatic carbocycles. The molecule has 0 saturated heterocycles. The minimum atomic E-state index is -0.115. The molecular weight excluding hydrogens is 225 g/mol. The second-order valence-corrected chi connectivity index (χ2v) is 4.84. The predicted octanol–water partition coefficient (Wildman–Crippen LogP) is 3.37. The largest absolute Gasteiger partial charge is 0.312 e. The Bertz CT molecular complexity index is 577. The van der Waals surface area contributed by atoms with E-state index in [0.29, 0.717) is 0 Å². The first-order valence-corrected chi connectivity index (χ1v) is 6.31. The zero-order valence-corrected chi connectivity index (χ0v) is 10.4. The fraction of sp³-hybridized carbons (Fsp3) is 0.250. The Hall–Kier alpha value is -1.67. The van der Waals surface area contributed by atoms with Crippen molar-refractivity contribution >= 4 is 0 Å². The summed E-state index contributed by atoms with van der Waals surface area (Å²) in [7, 11) is 0. The first kappa shape index (κ1) is 11.4. The highest BCUT2D eigenvalue weighted by atomic mass is 19.1. The molecule has 0 amide bonds. The molecule has 0 radical (unpaired) electrons. The molecule has 0 bridgehead atoms. The minimum Gasteiger partial charge on any atom is -0.312 e. The van der Waals surface area contributed by atoms with Crippen LogP contribution >= 0.6 is 0 Å². The van der Waals surface area contributed by atoms with Crippen molar-refractivity contribution in [3.05, 3.63) is 70.5 Å². The lowest BCUT2D eigenvalue weighted by atomic mass is 9.83. The second kappa shape index (κ2) is 4.54. The second-order valence-electron chi connectivity index (χ2n) is 4.84. The van der Waals surface area contributed by atoms with Crippen molar-refractivity contribution in [2.24, 2.45) is 0 Å². The Kier molecular flexibility index (Phi) is 2.88. The van der Waals surface area contributed by atoms with E-state index in [1.807, 2.05) is 13.0 Å².